The molecule has 1 aliphatic heterocycles. The van der Waals surface area contributed by atoms with Crippen molar-refractivity contribution in [2.45, 2.75) is 5.41 Å². The number of hydrogen-bond acceptors (Lipinski definition) is 2. The highest BCUT2D eigenvalue weighted by atomic mass is 15.2. The first-order valence-corrected chi connectivity index (χ1v) is 22.0. The second kappa shape index (κ2) is 15.5. The van der Waals surface area contributed by atoms with Gasteiger partial charge >= 0.3 is 0 Å². The monoisotopic (exact) mass is 817 g/mol. The highest BCUT2D eigenvalue weighted by Crippen LogP contribution is 2.58. The second-order valence-corrected chi connectivity index (χ2v) is 16.5. The van der Waals surface area contributed by atoms with Crippen LogP contribution >= 0.6 is 0 Å². The van der Waals surface area contributed by atoms with Gasteiger partial charge in [-0.1, -0.05) is 176 Å². The molecule has 2 heterocycles. The number of nitrogens with zero attached hydrogens (tertiary/aromatic N) is 3. The van der Waals surface area contributed by atoms with E-state index in [1.54, 1.807) is 0 Å². The molecule has 11 aromatic rings. The van der Waals surface area contributed by atoms with Crippen LogP contribution in [0.2, 0.25) is 0 Å². The van der Waals surface area contributed by atoms with Crippen LogP contribution in [0, 0.1) is 0 Å². The standard InChI is InChI=1S/C61H43N3/c1-6-20-46(21-7-1)61(47-22-8-2-9-23-47)55-31-17-19-33-59(55)64(50-28-14-5-15-29-50)60-43-52(39-40-56(60)61)62(48-24-10-3-11-25-48)51-37-34-44(35-38-51)45-36-41-58-54(42-45)53-30-16-18-32-57(53)63(58)49-26-12-4-13-27-49/h1-43H. The molecule has 12 rings (SSSR count). The van der Waals surface area contributed by atoms with Gasteiger partial charge in [0.05, 0.1) is 27.8 Å². The van der Waals surface area contributed by atoms with Crippen molar-refractivity contribution in [2.75, 3.05) is 9.80 Å². The van der Waals surface area contributed by atoms with Crippen molar-refractivity contribution in [3.05, 3.63) is 283 Å². The number of hydrogen-bond donors (Lipinski definition) is 0. The molecule has 0 fully saturated rings. The molecule has 1 aromatic heterocycles. The molecule has 0 saturated carbocycles. The molecule has 0 bridgehead atoms. The molecule has 0 radical (unpaired) electrons. The maximum atomic E-state index is 2.45. The van der Waals surface area contributed by atoms with Crippen molar-refractivity contribution in [1.82, 2.24) is 4.57 Å². The number of rotatable bonds is 8. The quantitative estimate of drug-likeness (QED) is 0.151. The van der Waals surface area contributed by atoms with E-state index in [0.29, 0.717) is 0 Å². The van der Waals surface area contributed by atoms with Gasteiger partial charge in [-0.2, -0.15) is 0 Å². The fraction of sp³-hybridized carbons (Fsp3) is 0.0164. The van der Waals surface area contributed by atoms with Crippen LogP contribution in [0.4, 0.5) is 34.1 Å². The summed E-state index contributed by atoms with van der Waals surface area (Å²) >= 11 is 0. The fourth-order valence-corrected chi connectivity index (χ4v) is 10.3. The minimum atomic E-state index is -0.577. The molecule has 0 aliphatic carbocycles. The van der Waals surface area contributed by atoms with E-state index in [2.05, 4.69) is 275 Å². The van der Waals surface area contributed by atoms with Gasteiger partial charge < -0.3 is 14.4 Å². The van der Waals surface area contributed by atoms with Gasteiger partial charge in [0.25, 0.3) is 0 Å². The zero-order valence-corrected chi connectivity index (χ0v) is 35.2. The van der Waals surface area contributed by atoms with Crippen molar-refractivity contribution in [3.63, 3.8) is 0 Å². The van der Waals surface area contributed by atoms with E-state index in [4.69, 9.17) is 0 Å². The van der Waals surface area contributed by atoms with Crippen LogP contribution in [0.15, 0.2) is 261 Å². The minimum absolute atomic E-state index is 0.577. The lowest BCUT2D eigenvalue weighted by Crippen LogP contribution is -2.37. The molecule has 302 valence electrons. The first-order valence-electron chi connectivity index (χ1n) is 22.0. The average molecular weight is 818 g/mol. The highest BCUT2D eigenvalue weighted by Gasteiger charge is 2.46. The third-order valence-corrected chi connectivity index (χ3v) is 13.0. The van der Waals surface area contributed by atoms with E-state index < -0.39 is 5.41 Å². The molecule has 0 atom stereocenters. The van der Waals surface area contributed by atoms with E-state index in [-0.39, 0.29) is 0 Å². The van der Waals surface area contributed by atoms with Crippen LogP contribution in [0.25, 0.3) is 38.6 Å². The van der Waals surface area contributed by atoms with Crippen molar-refractivity contribution in [1.29, 1.82) is 0 Å². The molecule has 64 heavy (non-hydrogen) atoms. The zero-order valence-electron chi connectivity index (χ0n) is 35.2. The lowest BCUT2D eigenvalue weighted by Gasteiger charge is -2.47. The van der Waals surface area contributed by atoms with Gasteiger partial charge in [0.15, 0.2) is 0 Å². The average Bonchev–Trinajstić information content (AvgIpc) is 3.71. The SMILES string of the molecule is c1ccc(N(c2ccc(-c3ccc4c(c3)c3ccccc3n4-c3ccccc3)cc2)c2ccc3c(c2)N(c2ccccc2)c2ccccc2C3(c2ccccc2)c2ccccc2)cc1. The van der Waals surface area contributed by atoms with Crippen LogP contribution in [0.5, 0.6) is 0 Å². The fourth-order valence-electron chi connectivity index (χ4n) is 10.3. The van der Waals surface area contributed by atoms with Crippen LogP contribution in [-0.4, -0.2) is 4.57 Å². The van der Waals surface area contributed by atoms with Crippen molar-refractivity contribution >= 4 is 55.9 Å². The molecule has 3 heteroatoms. The van der Waals surface area contributed by atoms with Crippen LogP contribution in [0.1, 0.15) is 22.3 Å². The minimum Gasteiger partial charge on any atom is -0.310 e. The summed E-state index contributed by atoms with van der Waals surface area (Å²) < 4.78 is 2.37. The van der Waals surface area contributed by atoms with Crippen molar-refractivity contribution in [2.24, 2.45) is 0 Å². The zero-order chi connectivity index (χ0) is 42.5. The Balaban J connectivity index is 1.03. The van der Waals surface area contributed by atoms with Crippen LogP contribution in [0.3, 0.4) is 0 Å². The van der Waals surface area contributed by atoms with Gasteiger partial charge in [0, 0.05) is 39.2 Å². The van der Waals surface area contributed by atoms with E-state index in [1.807, 2.05) is 0 Å². The summed E-state index contributed by atoms with van der Waals surface area (Å²) in [5.41, 5.74) is 16.9. The predicted molar refractivity (Wildman–Crippen MR) is 267 cm³/mol. The Labute approximate surface area is 374 Å². The lowest BCUT2D eigenvalue weighted by atomic mass is 9.62. The molecule has 0 N–H and O–H groups in total. The molecule has 0 unspecified atom stereocenters. The Morgan fingerprint density at radius 2 is 0.812 bits per heavy atom. The molecule has 3 nitrogen and oxygen atoms in total. The van der Waals surface area contributed by atoms with Gasteiger partial charge in [0.2, 0.25) is 0 Å². The Bertz CT molecular complexity index is 3380. The Hall–Kier alpha value is -8.40. The first-order chi connectivity index (χ1) is 31.8. The van der Waals surface area contributed by atoms with Gasteiger partial charge in [-0.3, -0.25) is 0 Å². The largest absolute Gasteiger partial charge is 0.310 e. The molecular formula is C61H43N3. The summed E-state index contributed by atoms with van der Waals surface area (Å²) in [4.78, 5) is 4.84. The van der Waals surface area contributed by atoms with Crippen molar-refractivity contribution < 1.29 is 0 Å². The number of benzene rings is 10. The third-order valence-electron chi connectivity index (χ3n) is 13.0. The maximum absolute atomic E-state index is 2.45. The van der Waals surface area contributed by atoms with E-state index >= 15 is 0 Å². The highest BCUT2D eigenvalue weighted by molar-refractivity contribution is 6.10. The summed E-state index contributed by atoms with van der Waals surface area (Å²) in [5, 5.41) is 2.49. The Morgan fingerprint density at radius 1 is 0.312 bits per heavy atom. The molecule has 1 aliphatic rings. The third kappa shape index (κ3) is 5.97. The normalized spacial score (nSPS) is 12.8. The molecular weight excluding hydrogens is 775 g/mol. The van der Waals surface area contributed by atoms with E-state index in [0.717, 1.165) is 39.8 Å². The van der Waals surface area contributed by atoms with Crippen molar-refractivity contribution in [3.8, 4) is 16.8 Å². The lowest BCUT2D eigenvalue weighted by molar-refractivity contribution is 0.731. The maximum Gasteiger partial charge on any atom is 0.0742 e. The van der Waals surface area contributed by atoms with Crippen LogP contribution < -0.4 is 9.80 Å². The number of aromatic nitrogens is 1. The topological polar surface area (TPSA) is 11.4 Å². The van der Waals surface area contributed by atoms with Crippen LogP contribution in [-0.2, 0) is 5.41 Å². The van der Waals surface area contributed by atoms with Gasteiger partial charge in [-0.05, 0) is 118 Å². The summed E-state index contributed by atoms with van der Waals surface area (Å²) in [5.74, 6) is 0. The first kappa shape index (κ1) is 37.4. The van der Waals surface area contributed by atoms with Gasteiger partial charge in [0.1, 0.15) is 0 Å². The number of para-hydroxylation sites is 5. The van der Waals surface area contributed by atoms with E-state index in [9.17, 15) is 0 Å². The molecule has 0 saturated heterocycles. The Kier molecular flexibility index (Phi) is 9.05. The van der Waals surface area contributed by atoms with Gasteiger partial charge in [-0.15, -0.1) is 0 Å². The Morgan fingerprint density at radius 3 is 1.50 bits per heavy atom. The summed E-state index contributed by atoms with van der Waals surface area (Å²) in [6, 6.07) is 95.0. The summed E-state index contributed by atoms with van der Waals surface area (Å²) in [6.45, 7) is 0. The summed E-state index contributed by atoms with van der Waals surface area (Å²) in [7, 11) is 0. The second-order valence-electron chi connectivity index (χ2n) is 16.5. The predicted octanol–water partition coefficient (Wildman–Crippen LogP) is 16.1. The molecule has 0 spiro atoms. The summed E-state index contributed by atoms with van der Waals surface area (Å²) in [6.07, 6.45) is 0. The van der Waals surface area contributed by atoms with Gasteiger partial charge in [-0.25, -0.2) is 0 Å². The molecule has 10 aromatic carbocycles. The number of fused-ring (bicyclic) bond motifs is 5. The smallest absolute Gasteiger partial charge is 0.0742 e. The van der Waals surface area contributed by atoms with E-state index in [1.165, 1.54) is 55.2 Å². The number of anilines is 6. The molecule has 0 amide bonds.